The van der Waals surface area contributed by atoms with E-state index in [0.29, 0.717) is 0 Å². The number of methoxy groups -OCH3 is 2. The summed E-state index contributed by atoms with van der Waals surface area (Å²) in [4.78, 5) is 4.32. The van der Waals surface area contributed by atoms with Gasteiger partial charge in [0.05, 0.1) is 14.2 Å². The first-order valence-electron chi connectivity index (χ1n) is 14.4. The van der Waals surface area contributed by atoms with Gasteiger partial charge in [0.15, 0.2) is 0 Å². The minimum absolute atomic E-state index is 0.540. The van der Waals surface area contributed by atoms with Gasteiger partial charge in [-0.3, -0.25) is 0 Å². The summed E-state index contributed by atoms with van der Waals surface area (Å²) in [5.41, 5.74) is 6.34. The third-order valence-electron chi connectivity index (χ3n) is 7.18. The predicted octanol–water partition coefficient (Wildman–Crippen LogP) is 8.23. The molecule has 0 aromatic heterocycles. The summed E-state index contributed by atoms with van der Waals surface area (Å²) in [6.07, 6.45) is 12.6. The van der Waals surface area contributed by atoms with Crippen LogP contribution in [-0.2, 0) is 0 Å². The van der Waals surface area contributed by atoms with E-state index >= 15 is 0 Å². The van der Waals surface area contributed by atoms with Crippen LogP contribution in [0.5, 0.6) is 11.5 Å². The fourth-order valence-electron chi connectivity index (χ4n) is 4.48. The number of anilines is 2. The minimum Gasteiger partial charge on any atom is -0.496 e. The van der Waals surface area contributed by atoms with Gasteiger partial charge in [-0.15, -0.1) is 0 Å². The lowest BCUT2D eigenvalue weighted by molar-refractivity contribution is 0.195. The zero-order chi connectivity index (χ0) is 28.9. The second-order valence-corrected chi connectivity index (χ2v) is 10.1. The zero-order valence-electron chi connectivity index (χ0n) is 25.1. The highest BCUT2D eigenvalue weighted by Gasteiger charge is 2.09. The van der Waals surface area contributed by atoms with Crippen LogP contribution in [-0.4, -0.2) is 45.7 Å². The fraction of sp³-hybridized carbons (Fsp3) is 0.371. The topological polar surface area (TPSA) is 45.2 Å². The van der Waals surface area contributed by atoms with Crippen molar-refractivity contribution in [2.75, 3.05) is 44.2 Å². The van der Waals surface area contributed by atoms with Gasteiger partial charge < -0.3 is 24.4 Å². The standard InChI is InChI=1S/C35H46N2O3/c1-7-9-23-37(24-10-8-2)33-21-15-29(16-22-33)12-18-31-26-34(39-5)30(25-35(31)40-6)17-11-28-13-19-32(20-14-28)36(4)27(3)38/h11-22,25-27,38H,7-10,23-24H2,1-6H3. The lowest BCUT2D eigenvalue weighted by Gasteiger charge is -2.24. The van der Waals surface area contributed by atoms with E-state index in [1.807, 2.05) is 60.5 Å². The molecule has 1 atom stereocenters. The number of benzene rings is 3. The van der Waals surface area contributed by atoms with E-state index in [-0.39, 0.29) is 0 Å². The smallest absolute Gasteiger partial charge is 0.126 e. The van der Waals surface area contributed by atoms with Crippen LogP contribution in [0.3, 0.4) is 0 Å². The van der Waals surface area contributed by atoms with Crippen molar-refractivity contribution in [2.45, 2.75) is 52.7 Å². The van der Waals surface area contributed by atoms with Gasteiger partial charge in [0.25, 0.3) is 0 Å². The summed E-state index contributed by atoms with van der Waals surface area (Å²) in [6, 6.07) is 20.9. The van der Waals surface area contributed by atoms with Crippen LogP contribution in [0.1, 0.15) is 68.7 Å². The van der Waals surface area contributed by atoms with Crippen LogP contribution < -0.4 is 19.3 Å². The molecule has 0 amide bonds. The summed E-state index contributed by atoms with van der Waals surface area (Å²) in [7, 11) is 5.25. The van der Waals surface area contributed by atoms with Crippen molar-refractivity contribution >= 4 is 35.7 Å². The van der Waals surface area contributed by atoms with Crippen LogP contribution in [0.15, 0.2) is 60.7 Å². The highest BCUT2D eigenvalue weighted by atomic mass is 16.5. The zero-order valence-corrected chi connectivity index (χ0v) is 25.1. The first kappa shape index (κ1) is 30.8. The van der Waals surface area contributed by atoms with Crippen molar-refractivity contribution in [3.8, 4) is 11.5 Å². The highest BCUT2D eigenvalue weighted by molar-refractivity contribution is 5.79. The van der Waals surface area contributed by atoms with Gasteiger partial charge in [0, 0.05) is 42.6 Å². The molecule has 214 valence electrons. The maximum atomic E-state index is 9.79. The lowest BCUT2D eigenvalue weighted by atomic mass is 10.0. The fourth-order valence-corrected chi connectivity index (χ4v) is 4.48. The molecule has 0 heterocycles. The van der Waals surface area contributed by atoms with E-state index < -0.39 is 6.23 Å². The van der Waals surface area contributed by atoms with Crippen molar-refractivity contribution < 1.29 is 14.6 Å². The molecule has 0 aliphatic heterocycles. The van der Waals surface area contributed by atoms with Gasteiger partial charge in [-0.2, -0.15) is 0 Å². The average Bonchev–Trinajstić information content (AvgIpc) is 2.99. The number of hydrogen-bond acceptors (Lipinski definition) is 5. The van der Waals surface area contributed by atoms with Crippen molar-refractivity contribution in [3.63, 3.8) is 0 Å². The summed E-state index contributed by atoms with van der Waals surface area (Å²) in [5.74, 6) is 1.56. The third kappa shape index (κ3) is 8.65. The largest absolute Gasteiger partial charge is 0.496 e. The maximum absolute atomic E-state index is 9.79. The molecule has 0 bridgehead atoms. The maximum Gasteiger partial charge on any atom is 0.126 e. The minimum atomic E-state index is -0.540. The Hall–Kier alpha value is -3.70. The molecular formula is C35H46N2O3. The van der Waals surface area contributed by atoms with Crippen LogP contribution in [0.25, 0.3) is 24.3 Å². The first-order chi connectivity index (χ1) is 19.4. The summed E-state index contributed by atoms with van der Waals surface area (Å²) < 4.78 is 11.5. The molecule has 0 radical (unpaired) electrons. The van der Waals surface area contributed by atoms with Gasteiger partial charge >= 0.3 is 0 Å². The molecule has 0 spiro atoms. The monoisotopic (exact) mass is 542 g/mol. The number of aliphatic hydroxyl groups is 1. The summed E-state index contributed by atoms with van der Waals surface area (Å²) in [5, 5.41) is 9.79. The van der Waals surface area contributed by atoms with E-state index in [9.17, 15) is 5.11 Å². The van der Waals surface area contributed by atoms with Crippen molar-refractivity contribution in [1.29, 1.82) is 0 Å². The molecule has 0 fully saturated rings. The van der Waals surface area contributed by atoms with Crippen LogP contribution in [0.4, 0.5) is 11.4 Å². The molecule has 3 aromatic carbocycles. The average molecular weight is 543 g/mol. The molecule has 5 nitrogen and oxygen atoms in total. The van der Waals surface area contributed by atoms with Crippen LogP contribution in [0, 0.1) is 0 Å². The normalized spacial score (nSPS) is 12.2. The summed E-state index contributed by atoms with van der Waals surface area (Å²) >= 11 is 0. The Balaban J connectivity index is 1.77. The van der Waals surface area contributed by atoms with Crippen molar-refractivity contribution in [3.05, 3.63) is 82.9 Å². The quantitative estimate of drug-likeness (QED) is 0.155. The lowest BCUT2D eigenvalue weighted by Crippen LogP contribution is -2.27. The first-order valence-corrected chi connectivity index (χ1v) is 14.4. The Labute approximate surface area is 241 Å². The third-order valence-corrected chi connectivity index (χ3v) is 7.18. The van der Waals surface area contributed by atoms with Gasteiger partial charge in [0.1, 0.15) is 17.7 Å². The molecule has 0 saturated carbocycles. The molecule has 3 aromatic rings. The van der Waals surface area contributed by atoms with Crippen molar-refractivity contribution in [2.24, 2.45) is 0 Å². The molecule has 0 aliphatic rings. The number of unbranched alkanes of at least 4 members (excludes halogenated alkanes) is 2. The molecule has 40 heavy (non-hydrogen) atoms. The highest BCUT2D eigenvalue weighted by Crippen LogP contribution is 2.32. The summed E-state index contributed by atoms with van der Waals surface area (Å²) in [6.45, 7) is 8.45. The Morgan fingerprint density at radius 1 is 0.700 bits per heavy atom. The molecule has 5 heteroatoms. The molecule has 1 N–H and O–H groups in total. The van der Waals surface area contributed by atoms with E-state index in [1.54, 1.807) is 21.1 Å². The number of ether oxygens (including phenoxy) is 2. The number of rotatable bonds is 15. The molecule has 0 saturated heterocycles. The SMILES string of the molecule is CCCCN(CCCC)c1ccc(C=Cc2cc(OC)c(C=Cc3ccc(N(C)C(C)O)cc3)cc2OC)cc1. The van der Waals surface area contributed by atoms with Gasteiger partial charge in [0.2, 0.25) is 0 Å². The molecule has 3 rings (SSSR count). The second-order valence-electron chi connectivity index (χ2n) is 10.1. The predicted molar refractivity (Wildman–Crippen MR) is 172 cm³/mol. The van der Waals surface area contributed by atoms with E-state index in [2.05, 4.69) is 55.2 Å². The van der Waals surface area contributed by atoms with Crippen LogP contribution >= 0.6 is 0 Å². The Bertz CT molecular complexity index is 1220. The Morgan fingerprint density at radius 2 is 1.12 bits per heavy atom. The number of nitrogens with zero attached hydrogens (tertiary/aromatic N) is 2. The number of hydrogen-bond donors (Lipinski definition) is 1. The Kier molecular flexibility index (Phi) is 12.2. The van der Waals surface area contributed by atoms with Gasteiger partial charge in [-0.25, -0.2) is 0 Å². The molecule has 1 unspecified atom stereocenters. The van der Waals surface area contributed by atoms with Crippen molar-refractivity contribution in [1.82, 2.24) is 0 Å². The van der Waals surface area contributed by atoms with Gasteiger partial charge in [-0.1, -0.05) is 75.3 Å². The number of aliphatic hydroxyl groups excluding tert-OH is 1. The van der Waals surface area contributed by atoms with E-state index in [4.69, 9.17) is 9.47 Å². The Morgan fingerprint density at radius 3 is 1.50 bits per heavy atom. The second kappa shape index (κ2) is 15.8. The van der Waals surface area contributed by atoms with E-state index in [1.165, 1.54) is 31.4 Å². The molecular weight excluding hydrogens is 496 g/mol. The van der Waals surface area contributed by atoms with Crippen LogP contribution in [0.2, 0.25) is 0 Å². The van der Waals surface area contributed by atoms with E-state index in [0.717, 1.165) is 52.5 Å². The molecule has 0 aliphatic carbocycles. The van der Waals surface area contributed by atoms with Gasteiger partial charge in [-0.05, 0) is 67.3 Å².